The molecule has 10 nitrogen and oxygen atoms in total. The van der Waals surface area contributed by atoms with Crippen molar-refractivity contribution in [2.45, 2.75) is 0 Å². The van der Waals surface area contributed by atoms with Gasteiger partial charge in [-0.15, -0.1) is 0 Å². The summed E-state index contributed by atoms with van der Waals surface area (Å²) in [5, 5.41) is 13.3. The van der Waals surface area contributed by atoms with E-state index >= 15 is 0 Å². The maximum Gasteiger partial charge on any atom is 0.238 e. The van der Waals surface area contributed by atoms with Gasteiger partial charge in [-0.1, -0.05) is 46.4 Å². The summed E-state index contributed by atoms with van der Waals surface area (Å²) in [4.78, 5) is 55.4. The molecule has 0 aliphatic heterocycles. The van der Waals surface area contributed by atoms with Crippen molar-refractivity contribution < 1.29 is 19.2 Å². The number of benzene rings is 4. The van der Waals surface area contributed by atoms with Crippen molar-refractivity contribution in [3.8, 4) is 0 Å². The summed E-state index contributed by atoms with van der Waals surface area (Å²) in [7, 11) is 0. The molecule has 0 radical (unpaired) electrons. The van der Waals surface area contributed by atoms with Gasteiger partial charge in [-0.05, 0) is 97.1 Å². The van der Waals surface area contributed by atoms with E-state index in [-0.39, 0.29) is 62.9 Å². The van der Waals surface area contributed by atoms with E-state index in [9.17, 15) is 19.2 Å². The average molecular weight is 730 g/mol. The van der Waals surface area contributed by atoms with Crippen LogP contribution in [0, 0.1) is 0 Å². The van der Waals surface area contributed by atoms with E-state index in [0.717, 1.165) is 0 Å². The van der Waals surface area contributed by atoms with Crippen molar-refractivity contribution >= 4 is 92.8 Å². The van der Waals surface area contributed by atoms with E-state index in [2.05, 4.69) is 21.3 Å². The van der Waals surface area contributed by atoms with Crippen molar-refractivity contribution in [3.63, 3.8) is 0 Å². The quantitative estimate of drug-likeness (QED) is 0.107. The van der Waals surface area contributed by atoms with Gasteiger partial charge in [0.2, 0.25) is 23.6 Å². The zero-order valence-electron chi connectivity index (χ0n) is 25.5. The van der Waals surface area contributed by atoms with Crippen molar-refractivity contribution in [1.29, 1.82) is 0 Å². The Balaban J connectivity index is 1.46. The molecule has 0 saturated heterocycles. The summed E-state index contributed by atoms with van der Waals surface area (Å²) in [5.74, 6) is -1.48. The van der Waals surface area contributed by atoms with Gasteiger partial charge in [0.15, 0.2) is 0 Å². The highest BCUT2D eigenvalue weighted by Crippen LogP contribution is 2.16. The maximum absolute atomic E-state index is 13.0. The normalized spacial score (nSPS) is 10.9. The molecule has 0 aliphatic carbocycles. The van der Waals surface area contributed by atoms with Gasteiger partial charge in [-0.3, -0.25) is 29.0 Å². The van der Waals surface area contributed by atoms with Crippen LogP contribution in [0.15, 0.2) is 97.1 Å². The van der Waals surface area contributed by atoms with Crippen molar-refractivity contribution in [2.24, 2.45) is 0 Å². The number of hydrogen-bond donors (Lipinski definition) is 4. The topological polar surface area (TPSA) is 123 Å². The molecule has 0 aromatic heterocycles. The minimum atomic E-state index is -0.371. The third-order valence-corrected chi connectivity index (χ3v) is 7.72. The second-order valence-corrected chi connectivity index (χ2v) is 12.4. The van der Waals surface area contributed by atoms with Crippen LogP contribution < -0.4 is 21.3 Å². The fraction of sp³-hybridized carbons (Fsp3) is 0.176. The summed E-state index contributed by atoms with van der Waals surface area (Å²) < 4.78 is 0. The predicted molar refractivity (Wildman–Crippen MR) is 193 cm³/mol. The lowest BCUT2D eigenvalue weighted by Crippen LogP contribution is -2.46. The maximum atomic E-state index is 13.0. The van der Waals surface area contributed by atoms with Gasteiger partial charge in [0.25, 0.3) is 0 Å². The van der Waals surface area contributed by atoms with Crippen LogP contribution in [0.5, 0.6) is 0 Å². The fourth-order valence-electron chi connectivity index (χ4n) is 4.46. The van der Waals surface area contributed by atoms with Gasteiger partial charge >= 0.3 is 0 Å². The first-order chi connectivity index (χ1) is 23.0. The Morgan fingerprint density at radius 3 is 0.750 bits per heavy atom. The first-order valence-corrected chi connectivity index (χ1v) is 16.2. The van der Waals surface area contributed by atoms with Gasteiger partial charge in [-0.2, -0.15) is 0 Å². The molecule has 0 spiro atoms. The second kappa shape index (κ2) is 18.4. The lowest BCUT2D eigenvalue weighted by Gasteiger charge is -2.26. The lowest BCUT2D eigenvalue weighted by molar-refractivity contribution is -0.122. The number of amides is 4. The standard InChI is InChI=1S/C34H32Cl4N6O4/c35-23-1-9-27(10-2-23)39-31(45)19-43(20-32(46)40-28-11-3-24(36)4-12-28)17-18-44(21-33(47)41-29-13-5-25(37)6-14-29)22-34(48)42-30-15-7-26(38)8-16-30/h1-16H,17-22H2,(H,39,45)(H,40,46)(H,41,47)(H,42,48). The number of carbonyl (C=O) groups is 4. The molecule has 4 aromatic rings. The summed E-state index contributed by atoms with van der Waals surface area (Å²) in [6.07, 6.45) is 0. The number of halogens is 4. The molecule has 4 amide bonds. The molecule has 4 rings (SSSR count). The predicted octanol–water partition coefficient (Wildman–Crippen LogP) is 6.76. The van der Waals surface area contributed by atoms with Gasteiger partial charge in [-0.25, -0.2) is 0 Å². The van der Waals surface area contributed by atoms with Crippen LogP contribution in [0.2, 0.25) is 20.1 Å². The number of nitrogens with zero attached hydrogens (tertiary/aromatic N) is 2. The molecule has 0 heterocycles. The van der Waals surface area contributed by atoms with Gasteiger partial charge in [0, 0.05) is 55.9 Å². The van der Waals surface area contributed by atoms with Crippen LogP contribution >= 0.6 is 46.4 Å². The number of carbonyl (C=O) groups excluding carboxylic acids is 4. The first kappa shape index (κ1) is 36.7. The molecule has 0 fully saturated rings. The summed E-state index contributed by atoms with van der Waals surface area (Å²) in [5.41, 5.74) is 2.15. The Morgan fingerprint density at radius 1 is 0.375 bits per heavy atom. The van der Waals surface area contributed by atoms with E-state index in [1.807, 2.05) is 0 Å². The van der Waals surface area contributed by atoms with Crippen LogP contribution in [0.1, 0.15) is 0 Å². The van der Waals surface area contributed by atoms with E-state index in [4.69, 9.17) is 46.4 Å². The highest BCUT2D eigenvalue weighted by atomic mass is 35.5. The molecule has 0 aliphatic rings. The number of nitrogens with one attached hydrogen (secondary N) is 4. The monoisotopic (exact) mass is 728 g/mol. The molecule has 14 heteroatoms. The smallest absolute Gasteiger partial charge is 0.238 e. The Labute approximate surface area is 298 Å². The highest BCUT2D eigenvalue weighted by molar-refractivity contribution is 6.31. The zero-order valence-corrected chi connectivity index (χ0v) is 28.5. The minimum absolute atomic E-state index is 0.154. The number of rotatable bonds is 15. The van der Waals surface area contributed by atoms with Crippen LogP contribution in [0.4, 0.5) is 22.7 Å². The van der Waals surface area contributed by atoms with E-state index < -0.39 is 0 Å². The largest absolute Gasteiger partial charge is 0.325 e. The van der Waals surface area contributed by atoms with Crippen LogP contribution in [0.3, 0.4) is 0 Å². The van der Waals surface area contributed by atoms with Crippen LogP contribution in [-0.2, 0) is 19.2 Å². The Morgan fingerprint density at radius 2 is 0.562 bits per heavy atom. The number of hydrogen-bond acceptors (Lipinski definition) is 6. The molecule has 4 aromatic carbocycles. The Bertz CT molecular complexity index is 1440. The van der Waals surface area contributed by atoms with Gasteiger partial charge < -0.3 is 21.3 Å². The Hall–Kier alpha value is -4.16. The second-order valence-electron chi connectivity index (χ2n) is 10.6. The number of anilines is 4. The van der Waals surface area contributed by atoms with Crippen molar-refractivity contribution in [2.75, 3.05) is 60.5 Å². The summed E-state index contributed by atoms with van der Waals surface area (Å²) in [6.45, 7) is -0.303. The van der Waals surface area contributed by atoms with Gasteiger partial charge in [0.05, 0.1) is 26.2 Å². The summed E-state index contributed by atoms with van der Waals surface area (Å²) in [6, 6.07) is 26.5. The fourth-order valence-corrected chi connectivity index (χ4v) is 4.96. The SMILES string of the molecule is O=C(CN(CCN(CC(=O)Nc1ccc(Cl)cc1)CC(=O)Nc1ccc(Cl)cc1)CC(=O)Nc1ccc(Cl)cc1)Nc1ccc(Cl)cc1. The third kappa shape index (κ3) is 13.2. The summed E-state index contributed by atoms with van der Waals surface area (Å²) >= 11 is 23.9. The molecule has 0 atom stereocenters. The molecule has 4 N–H and O–H groups in total. The minimum Gasteiger partial charge on any atom is -0.325 e. The zero-order chi connectivity index (χ0) is 34.5. The van der Waals surface area contributed by atoms with E-state index in [1.165, 1.54) is 0 Å². The molecular formula is C34H32Cl4N6O4. The lowest BCUT2D eigenvalue weighted by atomic mass is 10.3. The highest BCUT2D eigenvalue weighted by Gasteiger charge is 2.20. The van der Waals surface area contributed by atoms with Crippen LogP contribution in [-0.4, -0.2) is 72.7 Å². The van der Waals surface area contributed by atoms with Gasteiger partial charge in [0.1, 0.15) is 0 Å². The molecule has 0 saturated carbocycles. The first-order valence-electron chi connectivity index (χ1n) is 14.7. The van der Waals surface area contributed by atoms with E-state index in [0.29, 0.717) is 42.8 Å². The third-order valence-electron chi connectivity index (χ3n) is 6.71. The average Bonchev–Trinajstić information content (AvgIpc) is 3.04. The van der Waals surface area contributed by atoms with Crippen LogP contribution in [0.25, 0.3) is 0 Å². The Kier molecular flexibility index (Phi) is 14.1. The molecule has 48 heavy (non-hydrogen) atoms. The molecule has 250 valence electrons. The van der Waals surface area contributed by atoms with Crippen molar-refractivity contribution in [1.82, 2.24) is 9.80 Å². The van der Waals surface area contributed by atoms with E-state index in [1.54, 1.807) is 107 Å². The molecule has 0 unspecified atom stereocenters. The molecule has 0 bridgehead atoms. The van der Waals surface area contributed by atoms with Crippen molar-refractivity contribution in [3.05, 3.63) is 117 Å². The molecular weight excluding hydrogens is 698 g/mol.